The lowest BCUT2D eigenvalue weighted by Gasteiger charge is -2.30. The largest absolute Gasteiger partial charge is 0.378 e. The lowest BCUT2D eigenvalue weighted by Crippen LogP contribution is -2.37. The van der Waals surface area contributed by atoms with Crippen LogP contribution in [0.2, 0.25) is 0 Å². The Morgan fingerprint density at radius 3 is 2.33 bits per heavy atom. The van der Waals surface area contributed by atoms with Crippen LogP contribution in [0.1, 0.15) is 13.8 Å². The van der Waals surface area contributed by atoms with Crippen molar-refractivity contribution in [2.45, 2.75) is 13.8 Å². The minimum Gasteiger partial charge on any atom is -0.378 e. The minimum atomic E-state index is -0.244. The van der Waals surface area contributed by atoms with Crippen LogP contribution in [0.5, 0.6) is 0 Å². The molecule has 27 heavy (non-hydrogen) atoms. The number of morpholine rings is 1. The van der Waals surface area contributed by atoms with Gasteiger partial charge in [-0.15, -0.1) is 0 Å². The van der Waals surface area contributed by atoms with Crippen molar-refractivity contribution in [1.82, 2.24) is 0 Å². The third kappa shape index (κ3) is 4.92. The highest BCUT2D eigenvalue weighted by Gasteiger charge is 2.15. The zero-order valence-electron chi connectivity index (χ0n) is 16.1. The molecule has 2 N–H and O–H groups in total. The molecule has 1 aliphatic rings. The quantitative estimate of drug-likeness (QED) is 0.809. The van der Waals surface area contributed by atoms with Gasteiger partial charge in [0.15, 0.2) is 0 Å². The third-order valence-electron chi connectivity index (χ3n) is 4.76. The molecule has 6 nitrogen and oxygen atoms in total. The van der Waals surface area contributed by atoms with Crippen LogP contribution in [0.4, 0.5) is 27.5 Å². The van der Waals surface area contributed by atoms with E-state index in [2.05, 4.69) is 34.3 Å². The predicted octanol–water partition coefficient (Wildman–Crippen LogP) is 4.01. The summed E-state index contributed by atoms with van der Waals surface area (Å²) < 4.78 is 5.42. The van der Waals surface area contributed by atoms with Gasteiger partial charge in [0.05, 0.1) is 24.6 Å². The van der Waals surface area contributed by atoms with Crippen molar-refractivity contribution in [3.05, 3.63) is 48.5 Å². The van der Waals surface area contributed by atoms with Crippen LogP contribution in [-0.2, 0) is 4.74 Å². The summed E-state index contributed by atoms with van der Waals surface area (Å²) in [6.07, 6.45) is 0. The van der Waals surface area contributed by atoms with Crippen LogP contribution in [0.25, 0.3) is 0 Å². The van der Waals surface area contributed by atoms with Crippen molar-refractivity contribution < 1.29 is 9.53 Å². The molecule has 1 saturated heterocycles. The third-order valence-corrected chi connectivity index (χ3v) is 4.76. The first-order chi connectivity index (χ1) is 13.2. The van der Waals surface area contributed by atoms with Crippen LogP contribution >= 0.6 is 0 Å². The number of hydrogen-bond acceptors (Lipinski definition) is 4. The Kier molecular flexibility index (Phi) is 6.54. The summed E-state index contributed by atoms with van der Waals surface area (Å²) in [6.45, 7) is 9.26. The van der Waals surface area contributed by atoms with Gasteiger partial charge < -0.3 is 25.2 Å². The number of carbonyl (C=O) groups excluding carboxylic acids is 1. The Labute approximate surface area is 161 Å². The fourth-order valence-electron chi connectivity index (χ4n) is 3.29. The molecule has 2 aromatic carbocycles. The molecule has 1 heterocycles. The van der Waals surface area contributed by atoms with E-state index in [0.717, 1.165) is 48.9 Å². The van der Waals surface area contributed by atoms with Gasteiger partial charge in [-0.05, 0) is 50.2 Å². The molecule has 0 bridgehead atoms. The summed E-state index contributed by atoms with van der Waals surface area (Å²) in [5, 5.41) is 5.88. The average Bonchev–Trinajstić information content (AvgIpc) is 2.71. The van der Waals surface area contributed by atoms with Crippen molar-refractivity contribution in [3.8, 4) is 0 Å². The Hall–Kier alpha value is -2.73. The van der Waals surface area contributed by atoms with E-state index in [-0.39, 0.29) is 6.03 Å². The summed E-state index contributed by atoms with van der Waals surface area (Å²) in [7, 11) is 0. The summed E-state index contributed by atoms with van der Waals surface area (Å²) in [6, 6.07) is 15.6. The molecular weight excluding hydrogens is 340 g/mol. The zero-order valence-corrected chi connectivity index (χ0v) is 16.1. The van der Waals surface area contributed by atoms with Crippen LogP contribution in [0.15, 0.2) is 48.5 Å². The normalized spacial score (nSPS) is 13.9. The van der Waals surface area contributed by atoms with Crippen LogP contribution in [-0.4, -0.2) is 45.4 Å². The first-order valence-electron chi connectivity index (χ1n) is 9.56. The number of hydrogen-bond donors (Lipinski definition) is 2. The van der Waals surface area contributed by atoms with Gasteiger partial charge in [-0.3, -0.25) is 0 Å². The number of anilines is 4. The molecule has 0 unspecified atom stereocenters. The van der Waals surface area contributed by atoms with Crippen molar-refractivity contribution in [2.75, 3.05) is 59.8 Å². The smallest absolute Gasteiger partial charge is 0.323 e. The van der Waals surface area contributed by atoms with Gasteiger partial charge in [0.25, 0.3) is 0 Å². The second-order valence-electron chi connectivity index (χ2n) is 6.41. The Morgan fingerprint density at radius 2 is 1.67 bits per heavy atom. The highest BCUT2D eigenvalue weighted by molar-refractivity contribution is 6.01. The fraction of sp³-hybridized carbons (Fsp3) is 0.381. The van der Waals surface area contributed by atoms with Crippen LogP contribution in [0.3, 0.4) is 0 Å². The van der Waals surface area contributed by atoms with Crippen LogP contribution in [0, 0.1) is 0 Å². The van der Waals surface area contributed by atoms with Crippen molar-refractivity contribution >= 4 is 28.8 Å². The first kappa shape index (κ1) is 19.0. The molecule has 3 rings (SSSR count). The van der Waals surface area contributed by atoms with Gasteiger partial charge in [-0.1, -0.05) is 12.1 Å². The van der Waals surface area contributed by atoms with E-state index < -0.39 is 0 Å². The minimum absolute atomic E-state index is 0.244. The van der Waals surface area contributed by atoms with E-state index in [9.17, 15) is 4.79 Å². The zero-order chi connectivity index (χ0) is 19.1. The number of rotatable bonds is 6. The van der Waals surface area contributed by atoms with Crippen LogP contribution < -0.4 is 20.4 Å². The molecule has 2 aromatic rings. The topological polar surface area (TPSA) is 56.8 Å². The molecule has 0 saturated carbocycles. The highest BCUT2D eigenvalue weighted by Crippen LogP contribution is 2.26. The molecule has 2 amide bonds. The summed E-state index contributed by atoms with van der Waals surface area (Å²) >= 11 is 0. The summed E-state index contributed by atoms with van der Waals surface area (Å²) in [5.74, 6) is 0. The number of amides is 2. The van der Waals surface area contributed by atoms with Crippen molar-refractivity contribution in [2.24, 2.45) is 0 Å². The van der Waals surface area contributed by atoms with Gasteiger partial charge in [-0.25, -0.2) is 4.79 Å². The maximum atomic E-state index is 12.5. The maximum Gasteiger partial charge on any atom is 0.323 e. The maximum absolute atomic E-state index is 12.5. The van der Waals surface area contributed by atoms with E-state index in [1.54, 1.807) is 0 Å². The lowest BCUT2D eigenvalue weighted by molar-refractivity contribution is 0.123. The Bertz CT molecular complexity index is 738. The molecule has 6 heteroatoms. The number of nitrogens with one attached hydrogen (secondary N) is 2. The molecule has 0 atom stereocenters. The number of nitrogens with zero attached hydrogens (tertiary/aromatic N) is 2. The number of urea groups is 1. The van der Waals surface area contributed by atoms with Gasteiger partial charge in [0.1, 0.15) is 0 Å². The molecule has 0 spiro atoms. The molecule has 1 aliphatic heterocycles. The van der Waals surface area contributed by atoms with E-state index in [1.807, 2.05) is 48.5 Å². The predicted molar refractivity (Wildman–Crippen MR) is 112 cm³/mol. The molecule has 0 aliphatic carbocycles. The Balaban J connectivity index is 1.64. The van der Waals surface area contributed by atoms with E-state index in [4.69, 9.17) is 4.74 Å². The lowest BCUT2D eigenvalue weighted by atomic mass is 10.2. The van der Waals surface area contributed by atoms with Gasteiger partial charge in [0, 0.05) is 37.6 Å². The SMILES string of the molecule is CCN(CC)c1ccc(NC(=O)Nc2ccccc2N2CCOCC2)cc1. The second kappa shape index (κ2) is 9.28. The fourth-order valence-corrected chi connectivity index (χ4v) is 3.29. The van der Waals surface area contributed by atoms with E-state index in [0.29, 0.717) is 13.2 Å². The molecule has 0 aromatic heterocycles. The summed E-state index contributed by atoms with van der Waals surface area (Å²) in [5.41, 5.74) is 3.75. The van der Waals surface area contributed by atoms with Crippen molar-refractivity contribution in [3.63, 3.8) is 0 Å². The summed E-state index contributed by atoms with van der Waals surface area (Å²) in [4.78, 5) is 17.0. The molecule has 1 fully saturated rings. The number of para-hydroxylation sites is 2. The number of ether oxygens (including phenoxy) is 1. The standard InChI is InChI=1S/C21H28N4O2/c1-3-24(4-2)18-11-9-17(10-12-18)22-21(26)23-19-7-5-6-8-20(19)25-13-15-27-16-14-25/h5-12H,3-4,13-16H2,1-2H3,(H2,22,23,26). The number of carbonyl (C=O) groups is 1. The average molecular weight is 368 g/mol. The molecule has 144 valence electrons. The Morgan fingerprint density at radius 1 is 1.00 bits per heavy atom. The number of benzene rings is 2. The van der Waals surface area contributed by atoms with Gasteiger partial charge in [0.2, 0.25) is 0 Å². The monoisotopic (exact) mass is 368 g/mol. The highest BCUT2D eigenvalue weighted by atomic mass is 16.5. The molecular formula is C21H28N4O2. The van der Waals surface area contributed by atoms with Crippen molar-refractivity contribution in [1.29, 1.82) is 0 Å². The van der Waals surface area contributed by atoms with E-state index in [1.165, 1.54) is 0 Å². The second-order valence-corrected chi connectivity index (χ2v) is 6.41. The first-order valence-corrected chi connectivity index (χ1v) is 9.56. The van der Waals surface area contributed by atoms with Gasteiger partial charge >= 0.3 is 6.03 Å². The molecule has 0 radical (unpaired) electrons. The van der Waals surface area contributed by atoms with Gasteiger partial charge in [-0.2, -0.15) is 0 Å². The van der Waals surface area contributed by atoms with E-state index >= 15 is 0 Å².